The maximum atomic E-state index is 12.7. The Labute approximate surface area is 169 Å². The predicted molar refractivity (Wildman–Crippen MR) is 112 cm³/mol. The van der Waals surface area contributed by atoms with Crippen LogP contribution in [0.15, 0.2) is 60.0 Å². The number of nitrogens with one attached hydrogen (secondary N) is 1. The van der Waals surface area contributed by atoms with Gasteiger partial charge in [-0.2, -0.15) is 0 Å². The van der Waals surface area contributed by atoms with Gasteiger partial charge in [-0.05, 0) is 38.0 Å². The Morgan fingerprint density at radius 2 is 1.82 bits per heavy atom. The first-order valence-corrected chi connectivity index (χ1v) is 10.3. The van der Waals surface area contributed by atoms with Crippen LogP contribution in [0.4, 0.5) is 0 Å². The van der Waals surface area contributed by atoms with Crippen LogP contribution in [0, 0.1) is 0 Å². The highest BCUT2D eigenvalue weighted by atomic mass is 32.2. The molecule has 0 bridgehead atoms. The molecule has 6 nitrogen and oxygen atoms in total. The van der Waals surface area contributed by atoms with Gasteiger partial charge in [-0.25, -0.2) is 0 Å². The van der Waals surface area contributed by atoms with Crippen LogP contribution in [-0.4, -0.2) is 30.9 Å². The van der Waals surface area contributed by atoms with Crippen molar-refractivity contribution in [2.24, 2.45) is 0 Å². The van der Waals surface area contributed by atoms with Crippen molar-refractivity contribution in [2.75, 3.05) is 0 Å². The monoisotopic (exact) mass is 395 g/mol. The van der Waals surface area contributed by atoms with E-state index in [0.29, 0.717) is 0 Å². The number of aromatic nitrogens is 4. The van der Waals surface area contributed by atoms with Crippen LogP contribution in [0.25, 0.3) is 11.4 Å². The van der Waals surface area contributed by atoms with Crippen molar-refractivity contribution in [2.45, 2.75) is 50.2 Å². The Morgan fingerprint density at radius 3 is 2.50 bits per heavy atom. The Balaban J connectivity index is 1.72. The minimum Gasteiger partial charge on any atom is -0.349 e. The van der Waals surface area contributed by atoms with Gasteiger partial charge in [-0.1, -0.05) is 49.0 Å². The number of nitrogens with zero attached hydrogens (tertiary/aromatic N) is 4. The largest absolute Gasteiger partial charge is 0.349 e. The van der Waals surface area contributed by atoms with Crippen LogP contribution in [-0.2, 0) is 11.3 Å². The number of hydrogen-bond acceptors (Lipinski definition) is 5. The molecule has 0 aliphatic heterocycles. The Kier molecular flexibility index (Phi) is 6.81. The zero-order chi connectivity index (χ0) is 19.9. The first-order chi connectivity index (χ1) is 13.6. The first-order valence-electron chi connectivity index (χ1n) is 9.45. The third kappa shape index (κ3) is 4.78. The molecule has 0 fully saturated rings. The minimum atomic E-state index is -0.281. The molecule has 2 atom stereocenters. The number of amides is 1. The summed E-state index contributed by atoms with van der Waals surface area (Å²) in [7, 11) is 0. The van der Waals surface area contributed by atoms with Crippen molar-refractivity contribution in [3.05, 3.63) is 60.4 Å². The summed E-state index contributed by atoms with van der Waals surface area (Å²) in [5, 5.41) is 12.3. The number of rotatable bonds is 8. The summed E-state index contributed by atoms with van der Waals surface area (Å²) < 4.78 is 2.07. The van der Waals surface area contributed by atoms with Gasteiger partial charge in [0.1, 0.15) is 0 Å². The summed E-state index contributed by atoms with van der Waals surface area (Å²) >= 11 is 1.43. The maximum absolute atomic E-state index is 12.7. The summed E-state index contributed by atoms with van der Waals surface area (Å²) in [6.07, 6.45) is 4.44. The molecule has 1 N–H and O–H groups in total. The quantitative estimate of drug-likeness (QED) is 0.581. The molecule has 0 radical (unpaired) electrons. The number of benzene rings is 1. The van der Waals surface area contributed by atoms with Gasteiger partial charge in [0.15, 0.2) is 11.0 Å². The lowest BCUT2D eigenvalue weighted by atomic mass is 10.1. The molecule has 2 unspecified atom stereocenters. The van der Waals surface area contributed by atoms with E-state index < -0.39 is 0 Å². The fraction of sp³-hybridized carbons (Fsp3) is 0.333. The Hall–Kier alpha value is -2.67. The normalized spacial score (nSPS) is 13.1. The highest BCUT2D eigenvalue weighted by Crippen LogP contribution is 2.27. The van der Waals surface area contributed by atoms with Gasteiger partial charge in [0.05, 0.1) is 11.3 Å². The van der Waals surface area contributed by atoms with Crippen LogP contribution in [0.2, 0.25) is 0 Å². The van der Waals surface area contributed by atoms with Crippen molar-refractivity contribution in [1.29, 1.82) is 0 Å². The highest BCUT2D eigenvalue weighted by molar-refractivity contribution is 8.00. The van der Waals surface area contributed by atoms with Gasteiger partial charge in [-0.15, -0.1) is 10.2 Å². The molecule has 0 saturated carbocycles. The number of thioether (sulfide) groups is 1. The number of hydrogen-bond donors (Lipinski definition) is 1. The highest BCUT2D eigenvalue weighted by Gasteiger charge is 2.22. The standard InChI is InChI=1S/C21H25N5OS/c1-4-14-26-19(18-10-12-22-13-11-18)24-25-21(26)28-16(3)20(27)23-15(2)17-8-6-5-7-9-17/h5-13,15-16H,4,14H2,1-3H3,(H,23,27). The van der Waals surface area contributed by atoms with E-state index in [4.69, 9.17) is 0 Å². The first kappa shape index (κ1) is 20.1. The van der Waals surface area contributed by atoms with E-state index in [9.17, 15) is 4.79 Å². The topological polar surface area (TPSA) is 72.7 Å². The second-order valence-electron chi connectivity index (χ2n) is 6.59. The lowest BCUT2D eigenvalue weighted by Crippen LogP contribution is -2.33. The molecule has 2 aromatic heterocycles. The molecule has 146 valence electrons. The molecule has 3 aromatic rings. The van der Waals surface area contributed by atoms with Crippen molar-refractivity contribution >= 4 is 17.7 Å². The molecule has 2 heterocycles. The third-order valence-corrected chi connectivity index (χ3v) is 5.49. The molecule has 1 aromatic carbocycles. The fourth-order valence-electron chi connectivity index (χ4n) is 2.88. The fourth-order valence-corrected chi connectivity index (χ4v) is 3.77. The lowest BCUT2D eigenvalue weighted by molar-refractivity contribution is -0.120. The zero-order valence-electron chi connectivity index (χ0n) is 16.4. The molecule has 7 heteroatoms. The van der Waals surface area contributed by atoms with Gasteiger partial charge < -0.3 is 9.88 Å². The second-order valence-corrected chi connectivity index (χ2v) is 7.90. The van der Waals surface area contributed by atoms with E-state index in [2.05, 4.69) is 32.0 Å². The maximum Gasteiger partial charge on any atom is 0.233 e. The predicted octanol–water partition coefficient (Wildman–Crippen LogP) is 4.11. The van der Waals surface area contributed by atoms with E-state index in [1.165, 1.54) is 11.8 Å². The number of pyridine rings is 1. The summed E-state index contributed by atoms with van der Waals surface area (Å²) in [5.74, 6) is 0.787. The van der Waals surface area contributed by atoms with Gasteiger partial charge in [0.25, 0.3) is 0 Å². The average Bonchev–Trinajstić information content (AvgIpc) is 3.11. The molecular formula is C21H25N5OS. The van der Waals surface area contributed by atoms with Crippen LogP contribution >= 0.6 is 11.8 Å². The minimum absolute atomic E-state index is 0.0159. The summed E-state index contributed by atoms with van der Waals surface area (Å²) in [4.78, 5) is 16.7. The van der Waals surface area contributed by atoms with Gasteiger partial charge in [0.2, 0.25) is 5.91 Å². The van der Waals surface area contributed by atoms with Crippen molar-refractivity contribution < 1.29 is 4.79 Å². The molecule has 3 rings (SSSR count). The van der Waals surface area contributed by atoms with E-state index in [1.54, 1.807) is 12.4 Å². The van der Waals surface area contributed by atoms with E-state index in [0.717, 1.165) is 35.1 Å². The van der Waals surface area contributed by atoms with Gasteiger partial charge in [0, 0.05) is 24.5 Å². The van der Waals surface area contributed by atoms with Crippen molar-refractivity contribution in [3.8, 4) is 11.4 Å². The third-order valence-electron chi connectivity index (χ3n) is 4.41. The van der Waals surface area contributed by atoms with Crippen LogP contribution in [0.3, 0.4) is 0 Å². The molecule has 0 spiro atoms. The molecular weight excluding hydrogens is 370 g/mol. The van der Waals surface area contributed by atoms with Crippen LogP contribution in [0.5, 0.6) is 0 Å². The van der Waals surface area contributed by atoms with Crippen LogP contribution in [0.1, 0.15) is 38.8 Å². The van der Waals surface area contributed by atoms with Gasteiger partial charge in [-0.3, -0.25) is 9.78 Å². The van der Waals surface area contributed by atoms with Crippen molar-refractivity contribution in [1.82, 2.24) is 25.1 Å². The summed E-state index contributed by atoms with van der Waals surface area (Å²) in [6, 6.07) is 13.7. The smallest absolute Gasteiger partial charge is 0.233 e. The van der Waals surface area contributed by atoms with E-state index in [1.807, 2.05) is 56.3 Å². The molecule has 28 heavy (non-hydrogen) atoms. The molecule has 0 aliphatic rings. The van der Waals surface area contributed by atoms with Gasteiger partial charge >= 0.3 is 0 Å². The molecule has 1 amide bonds. The number of carbonyl (C=O) groups is 1. The summed E-state index contributed by atoms with van der Waals surface area (Å²) in [5.41, 5.74) is 2.06. The van der Waals surface area contributed by atoms with E-state index in [-0.39, 0.29) is 17.2 Å². The second kappa shape index (κ2) is 9.50. The molecule has 0 saturated heterocycles. The SMILES string of the molecule is CCCn1c(SC(C)C(=O)NC(C)c2ccccc2)nnc1-c1ccncc1. The lowest BCUT2D eigenvalue weighted by Gasteiger charge is -2.18. The van der Waals surface area contributed by atoms with E-state index >= 15 is 0 Å². The zero-order valence-corrected chi connectivity index (χ0v) is 17.2. The Morgan fingerprint density at radius 1 is 1.11 bits per heavy atom. The average molecular weight is 396 g/mol. The Bertz CT molecular complexity index is 898. The molecule has 0 aliphatic carbocycles. The summed E-state index contributed by atoms with van der Waals surface area (Å²) in [6.45, 7) is 6.80. The van der Waals surface area contributed by atoms with Crippen LogP contribution < -0.4 is 5.32 Å². The van der Waals surface area contributed by atoms with Crippen molar-refractivity contribution in [3.63, 3.8) is 0 Å². The number of carbonyl (C=O) groups excluding carboxylic acids is 1.